The number of hydrogen-bond donors (Lipinski definition) is 2. The van der Waals surface area contributed by atoms with Gasteiger partial charge in [0, 0.05) is 24.0 Å². The van der Waals surface area contributed by atoms with Crippen molar-refractivity contribution in [2.24, 2.45) is 5.73 Å². The number of nitrogens with two attached hydrogens (primary N) is 1. The van der Waals surface area contributed by atoms with Crippen LogP contribution in [0.25, 0.3) is 11.0 Å². The van der Waals surface area contributed by atoms with Crippen LogP contribution in [0.15, 0.2) is 12.5 Å². The molecule has 14 heavy (non-hydrogen) atoms. The van der Waals surface area contributed by atoms with Crippen LogP contribution in [-0.2, 0) is 6.54 Å². The zero-order valence-corrected chi connectivity index (χ0v) is 7.83. The Hall–Kier alpha value is -1.42. The lowest BCUT2D eigenvalue weighted by atomic mass is 10.1. The molecular weight excluding hydrogens is 176 g/mol. The first kappa shape index (κ1) is 7.94. The number of rotatable bonds is 2. The van der Waals surface area contributed by atoms with E-state index in [-0.39, 0.29) is 0 Å². The lowest BCUT2D eigenvalue weighted by molar-refractivity contribution is 1.01. The molecule has 0 radical (unpaired) electrons. The molecule has 0 atom stereocenters. The SMILES string of the molecule is NCc1c[nH]c2ncnc(C3CC3)c12. The summed E-state index contributed by atoms with van der Waals surface area (Å²) in [5.74, 6) is 0.640. The van der Waals surface area contributed by atoms with Crippen molar-refractivity contribution in [3.63, 3.8) is 0 Å². The Labute approximate surface area is 81.6 Å². The average molecular weight is 188 g/mol. The highest BCUT2D eigenvalue weighted by Crippen LogP contribution is 2.42. The molecule has 1 saturated carbocycles. The first-order valence-corrected chi connectivity index (χ1v) is 4.91. The minimum Gasteiger partial charge on any atom is -0.346 e. The van der Waals surface area contributed by atoms with Crippen molar-refractivity contribution in [3.8, 4) is 0 Å². The van der Waals surface area contributed by atoms with Gasteiger partial charge in [-0.2, -0.15) is 0 Å². The molecule has 0 unspecified atom stereocenters. The number of aromatic nitrogens is 3. The summed E-state index contributed by atoms with van der Waals surface area (Å²) >= 11 is 0. The number of fused-ring (bicyclic) bond motifs is 1. The summed E-state index contributed by atoms with van der Waals surface area (Å²) in [6, 6.07) is 0. The van der Waals surface area contributed by atoms with Crippen molar-refractivity contribution >= 4 is 11.0 Å². The summed E-state index contributed by atoms with van der Waals surface area (Å²) < 4.78 is 0. The zero-order chi connectivity index (χ0) is 9.54. The summed E-state index contributed by atoms with van der Waals surface area (Å²) in [5.41, 5.74) is 8.90. The molecule has 1 fully saturated rings. The van der Waals surface area contributed by atoms with Gasteiger partial charge in [-0.3, -0.25) is 0 Å². The molecule has 1 aliphatic rings. The van der Waals surface area contributed by atoms with Crippen molar-refractivity contribution in [2.45, 2.75) is 25.3 Å². The summed E-state index contributed by atoms with van der Waals surface area (Å²) in [6.07, 6.45) is 6.07. The maximum absolute atomic E-state index is 5.67. The highest BCUT2D eigenvalue weighted by atomic mass is 14.9. The van der Waals surface area contributed by atoms with Crippen LogP contribution < -0.4 is 5.73 Å². The van der Waals surface area contributed by atoms with Crippen LogP contribution in [0, 0.1) is 0 Å². The molecule has 2 heterocycles. The molecular formula is C10H12N4. The Bertz CT molecular complexity index is 470. The summed E-state index contributed by atoms with van der Waals surface area (Å²) in [5, 5.41) is 1.15. The van der Waals surface area contributed by atoms with Gasteiger partial charge in [0.05, 0.1) is 5.69 Å². The highest BCUT2D eigenvalue weighted by Gasteiger charge is 2.28. The van der Waals surface area contributed by atoms with Crippen LogP contribution in [0.1, 0.15) is 30.0 Å². The Kier molecular flexibility index (Phi) is 1.58. The lowest BCUT2D eigenvalue weighted by Gasteiger charge is -2.00. The summed E-state index contributed by atoms with van der Waals surface area (Å²) in [4.78, 5) is 11.7. The van der Waals surface area contributed by atoms with Crippen molar-refractivity contribution in [3.05, 3.63) is 23.8 Å². The molecule has 1 aliphatic carbocycles. The van der Waals surface area contributed by atoms with E-state index in [0.717, 1.165) is 16.6 Å². The van der Waals surface area contributed by atoms with Crippen LogP contribution >= 0.6 is 0 Å². The Morgan fingerprint density at radius 3 is 3.00 bits per heavy atom. The normalized spacial score (nSPS) is 16.4. The van der Waals surface area contributed by atoms with Crippen molar-refractivity contribution in [2.75, 3.05) is 0 Å². The van der Waals surface area contributed by atoms with E-state index in [4.69, 9.17) is 5.73 Å². The van der Waals surface area contributed by atoms with E-state index in [1.807, 2.05) is 6.20 Å². The van der Waals surface area contributed by atoms with E-state index in [1.165, 1.54) is 18.5 Å². The van der Waals surface area contributed by atoms with Gasteiger partial charge in [-0.05, 0) is 18.4 Å². The third-order valence-electron chi connectivity index (χ3n) is 2.76. The largest absolute Gasteiger partial charge is 0.346 e. The third kappa shape index (κ3) is 1.04. The van der Waals surface area contributed by atoms with Crippen LogP contribution in [0.3, 0.4) is 0 Å². The molecule has 3 N–H and O–H groups in total. The molecule has 72 valence electrons. The van der Waals surface area contributed by atoms with E-state index < -0.39 is 0 Å². The second kappa shape index (κ2) is 2.78. The molecule has 0 bridgehead atoms. The predicted octanol–water partition coefficient (Wildman–Crippen LogP) is 1.29. The maximum Gasteiger partial charge on any atom is 0.141 e. The zero-order valence-electron chi connectivity index (χ0n) is 7.83. The molecule has 4 nitrogen and oxygen atoms in total. The summed E-state index contributed by atoms with van der Waals surface area (Å²) in [6.45, 7) is 0.549. The molecule has 0 aromatic carbocycles. The maximum atomic E-state index is 5.67. The number of nitrogens with zero attached hydrogens (tertiary/aromatic N) is 2. The van der Waals surface area contributed by atoms with Gasteiger partial charge in [-0.1, -0.05) is 0 Å². The fraction of sp³-hybridized carbons (Fsp3) is 0.400. The van der Waals surface area contributed by atoms with Crippen LogP contribution in [-0.4, -0.2) is 15.0 Å². The standard InChI is InChI=1S/C10H12N4/c11-3-7-4-12-10-8(7)9(6-1-2-6)13-5-14-10/h4-6H,1-3,11H2,(H,12,13,14). The average Bonchev–Trinajstić information content (AvgIpc) is 2.97. The van der Waals surface area contributed by atoms with Gasteiger partial charge in [0.25, 0.3) is 0 Å². The fourth-order valence-electron chi connectivity index (χ4n) is 1.88. The first-order valence-electron chi connectivity index (χ1n) is 4.91. The molecule has 3 rings (SSSR count). The Morgan fingerprint density at radius 1 is 1.43 bits per heavy atom. The minimum absolute atomic E-state index is 0.549. The predicted molar refractivity (Wildman–Crippen MR) is 53.8 cm³/mol. The van der Waals surface area contributed by atoms with Gasteiger partial charge < -0.3 is 10.7 Å². The smallest absolute Gasteiger partial charge is 0.141 e. The first-order chi connectivity index (χ1) is 6.90. The van der Waals surface area contributed by atoms with E-state index in [2.05, 4.69) is 15.0 Å². The second-order valence-corrected chi connectivity index (χ2v) is 3.77. The van der Waals surface area contributed by atoms with Gasteiger partial charge in [-0.15, -0.1) is 0 Å². The molecule has 0 amide bonds. The van der Waals surface area contributed by atoms with Gasteiger partial charge in [0.2, 0.25) is 0 Å². The van der Waals surface area contributed by atoms with Gasteiger partial charge >= 0.3 is 0 Å². The number of aromatic amines is 1. The van der Waals surface area contributed by atoms with E-state index in [9.17, 15) is 0 Å². The quantitative estimate of drug-likeness (QED) is 0.746. The molecule has 4 heteroatoms. The van der Waals surface area contributed by atoms with Crippen LogP contribution in [0.2, 0.25) is 0 Å². The second-order valence-electron chi connectivity index (χ2n) is 3.77. The molecule has 0 saturated heterocycles. The van der Waals surface area contributed by atoms with Crippen LogP contribution in [0.5, 0.6) is 0 Å². The van der Waals surface area contributed by atoms with Crippen molar-refractivity contribution in [1.82, 2.24) is 15.0 Å². The molecule has 0 aliphatic heterocycles. The molecule has 2 aromatic heterocycles. The Morgan fingerprint density at radius 2 is 2.29 bits per heavy atom. The monoisotopic (exact) mass is 188 g/mol. The van der Waals surface area contributed by atoms with Crippen molar-refractivity contribution < 1.29 is 0 Å². The summed E-state index contributed by atoms with van der Waals surface area (Å²) in [7, 11) is 0. The lowest BCUT2D eigenvalue weighted by Crippen LogP contribution is -1.97. The van der Waals surface area contributed by atoms with E-state index in [0.29, 0.717) is 12.5 Å². The molecule has 0 spiro atoms. The fourth-order valence-corrected chi connectivity index (χ4v) is 1.88. The number of hydrogen-bond acceptors (Lipinski definition) is 3. The van der Waals surface area contributed by atoms with Crippen LogP contribution in [0.4, 0.5) is 0 Å². The van der Waals surface area contributed by atoms with Gasteiger partial charge in [-0.25, -0.2) is 9.97 Å². The van der Waals surface area contributed by atoms with Gasteiger partial charge in [0.1, 0.15) is 12.0 Å². The number of H-pyrrole nitrogens is 1. The van der Waals surface area contributed by atoms with Gasteiger partial charge in [0.15, 0.2) is 0 Å². The van der Waals surface area contributed by atoms with E-state index >= 15 is 0 Å². The third-order valence-corrected chi connectivity index (χ3v) is 2.76. The minimum atomic E-state index is 0.549. The topological polar surface area (TPSA) is 67.6 Å². The van der Waals surface area contributed by atoms with E-state index in [1.54, 1.807) is 6.33 Å². The molecule has 2 aromatic rings. The highest BCUT2D eigenvalue weighted by molar-refractivity contribution is 5.82. The number of nitrogens with one attached hydrogen (secondary N) is 1. The Balaban J connectivity index is 2.30. The van der Waals surface area contributed by atoms with Crippen molar-refractivity contribution in [1.29, 1.82) is 0 Å².